The van der Waals surface area contributed by atoms with E-state index in [2.05, 4.69) is 18.7 Å². The average Bonchev–Trinajstić information content (AvgIpc) is 2.26. The normalized spacial score (nSPS) is 28.2. The summed E-state index contributed by atoms with van der Waals surface area (Å²) in [5.74, 6) is 0.757. The molecule has 1 aliphatic heterocycles. The Morgan fingerprint density at radius 1 is 1.20 bits per heavy atom. The monoisotopic (exact) mass is 212 g/mol. The van der Waals surface area contributed by atoms with Gasteiger partial charge < -0.3 is 10.6 Å². The largest absolute Gasteiger partial charge is 0.330 e. The molecule has 0 aromatic heterocycles. The van der Waals surface area contributed by atoms with Crippen LogP contribution in [-0.4, -0.2) is 30.6 Å². The molecule has 2 heteroatoms. The van der Waals surface area contributed by atoms with Crippen LogP contribution in [0.5, 0.6) is 0 Å². The fourth-order valence-electron chi connectivity index (χ4n) is 2.51. The van der Waals surface area contributed by atoms with Gasteiger partial charge in [-0.25, -0.2) is 0 Å². The first kappa shape index (κ1) is 13.0. The molecule has 1 rings (SSSR count). The highest BCUT2D eigenvalue weighted by atomic mass is 15.2. The van der Waals surface area contributed by atoms with E-state index >= 15 is 0 Å². The number of piperidine rings is 1. The molecule has 0 saturated carbocycles. The minimum absolute atomic E-state index is 0.757. The Bertz CT molecular complexity index is 159. The average molecular weight is 212 g/mol. The highest BCUT2D eigenvalue weighted by Gasteiger charge is 2.23. The van der Waals surface area contributed by atoms with Crippen molar-refractivity contribution in [2.45, 2.75) is 58.4 Å². The summed E-state index contributed by atoms with van der Waals surface area (Å²) in [6.07, 6.45) is 8.17. The van der Waals surface area contributed by atoms with E-state index < -0.39 is 0 Å². The van der Waals surface area contributed by atoms with Gasteiger partial charge in [-0.3, -0.25) is 0 Å². The summed E-state index contributed by atoms with van der Waals surface area (Å²) in [7, 11) is 0. The summed E-state index contributed by atoms with van der Waals surface area (Å²) in [4.78, 5) is 2.65. The van der Waals surface area contributed by atoms with E-state index in [-0.39, 0.29) is 0 Å². The van der Waals surface area contributed by atoms with Gasteiger partial charge in [0, 0.05) is 12.6 Å². The van der Waals surface area contributed by atoms with Crippen molar-refractivity contribution in [1.29, 1.82) is 0 Å². The molecular weight excluding hydrogens is 184 g/mol. The second kappa shape index (κ2) is 7.24. The lowest BCUT2D eigenvalue weighted by atomic mass is 9.93. The maximum Gasteiger partial charge on any atom is 0.00671 e. The standard InChI is InChI=1S/C13H28N2/c1-3-4-5-6-9-15-11-13(10-14)8-7-12(15)2/h12-13H,3-11,14H2,1-2H3. The maximum atomic E-state index is 5.76. The number of hydrogen-bond acceptors (Lipinski definition) is 2. The van der Waals surface area contributed by atoms with Gasteiger partial charge in [0.2, 0.25) is 0 Å². The quantitative estimate of drug-likeness (QED) is 0.686. The smallest absolute Gasteiger partial charge is 0.00671 e. The zero-order chi connectivity index (χ0) is 11.1. The number of hydrogen-bond donors (Lipinski definition) is 1. The summed E-state index contributed by atoms with van der Waals surface area (Å²) in [5, 5.41) is 0. The number of nitrogens with zero attached hydrogens (tertiary/aromatic N) is 1. The Labute approximate surface area is 95.2 Å². The molecule has 0 amide bonds. The van der Waals surface area contributed by atoms with Crippen molar-refractivity contribution in [2.24, 2.45) is 11.7 Å². The molecule has 2 atom stereocenters. The van der Waals surface area contributed by atoms with Crippen LogP contribution >= 0.6 is 0 Å². The van der Waals surface area contributed by atoms with Crippen LogP contribution in [0, 0.1) is 5.92 Å². The molecule has 1 heterocycles. The van der Waals surface area contributed by atoms with Gasteiger partial charge in [-0.2, -0.15) is 0 Å². The molecular formula is C13H28N2. The Morgan fingerprint density at radius 3 is 2.67 bits per heavy atom. The Morgan fingerprint density at radius 2 is 2.00 bits per heavy atom. The van der Waals surface area contributed by atoms with Crippen molar-refractivity contribution in [3.8, 4) is 0 Å². The van der Waals surface area contributed by atoms with E-state index in [1.54, 1.807) is 0 Å². The Hall–Kier alpha value is -0.0800. The second-order valence-electron chi connectivity index (χ2n) is 5.08. The number of rotatable bonds is 6. The summed E-state index contributed by atoms with van der Waals surface area (Å²) in [5.41, 5.74) is 5.76. The molecule has 0 aromatic carbocycles. The maximum absolute atomic E-state index is 5.76. The molecule has 0 aliphatic carbocycles. The van der Waals surface area contributed by atoms with E-state index in [4.69, 9.17) is 5.73 Å². The lowest BCUT2D eigenvalue weighted by Crippen LogP contribution is -2.44. The van der Waals surface area contributed by atoms with Crippen molar-refractivity contribution in [2.75, 3.05) is 19.6 Å². The molecule has 1 fully saturated rings. The minimum atomic E-state index is 0.757. The first-order valence-corrected chi connectivity index (χ1v) is 6.72. The Kier molecular flexibility index (Phi) is 6.26. The molecule has 1 aliphatic rings. The van der Waals surface area contributed by atoms with Crippen molar-refractivity contribution in [3.63, 3.8) is 0 Å². The highest BCUT2D eigenvalue weighted by molar-refractivity contribution is 4.79. The van der Waals surface area contributed by atoms with Gasteiger partial charge in [0.05, 0.1) is 0 Å². The first-order chi connectivity index (χ1) is 7.27. The fraction of sp³-hybridized carbons (Fsp3) is 1.00. The van der Waals surface area contributed by atoms with Gasteiger partial charge in [0.25, 0.3) is 0 Å². The molecule has 2 nitrogen and oxygen atoms in total. The molecule has 0 bridgehead atoms. The molecule has 90 valence electrons. The molecule has 0 aromatic rings. The summed E-state index contributed by atoms with van der Waals surface area (Å²) < 4.78 is 0. The van der Waals surface area contributed by atoms with Gasteiger partial charge in [-0.05, 0) is 45.2 Å². The molecule has 2 N–H and O–H groups in total. The van der Waals surface area contributed by atoms with E-state index in [9.17, 15) is 0 Å². The van der Waals surface area contributed by atoms with E-state index in [0.29, 0.717) is 0 Å². The van der Waals surface area contributed by atoms with Crippen LogP contribution < -0.4 is 5.73 Å². The zero-order valence-electron chi connectivity index (χ0n) is 10.5. The first-order valence-electron chi connectivity index (χ1n) is 6.72. The van der Waals surface area contributed by atoms with Gasteiger partial charge >= 0.3 is 0 Å². The predicted molar refractivity (Wildman–Crippen MR) is 67.0 cm³/mol. The lowest BCUT2D eigenvalue weighted by Gasteiger charge is -2.37. The van der Waals surface area contributed by atoms with Crippen molar-refractivity contribution >= 4 is 0 Å². The van der Waals surface area contributed by atoms with Crippen LogP contribution in [0.2, 0.25) is 0 Å². The molecule has 15 heavy (non-hydrogen) atoms. The Balaban J connectivity index is 2.19. The number of nitrogens with two attached hydrogens (primary N) is 1. The van der Waals surface area contributed by atoms with Gasteiger partial charge in [-0.1, -0.05) is 26.2 Å². The molecule has 0 radical (unpaired) electrons. The number of unbranched alkanes of at least 4 members (excludes halogenated alkanes) is 3. The summed E-state index contributed by atoms with van der Waals surface area (Å²) in [6.45, 7) is 8.04. The van der Waals surface area contributed by atoms with E-state index in [1.807, 2.05) is 0 Å². The van der Waals surface area contributed by atoms with Crippen molar-refractivity contribution in [1.82, 2.24) is 4.90 Å². The van der Waals surface area contributed by atoms with Crippen LogP contribution in [0.3, 0.4) is 0 Å². The second-order valence-corrected chi connectivity index (χ2v) is 5.08. The van der Waals surface area contributed by atoms with Gasteiger partial charge in [0.15, 0.2) is 0 Å². The van der Waals surface area contributed by atoms with Crippen LogP contribution in [0.4, 0.5) is 0 Å². The van der Waals surface area contributed by atoms with Crippen molar-refractivity contribution < 1.29 is 0 Å². The minimum Gasteiger partial charge on any atom is -0.330 e. The zero-order valence-corrected chi connectivity index (χ0v) is 10.5. The van der Waals surface area contributed by atoms with Gasteiger partial charge in [-0.15, -0.1) is 0 Å². The molecule has 1 saturated heterocycles. The van der Waals surface area contributed by atoms with E-state index in [1.165, 1.54) is 51.6 Å². The third-order valence-electron chi connectivity index (χ3n) is 3.74. The highest BCUT2D eigenvalue weighted by Crippen LogP contribution is 2.21. The number of likely N-dealkylation sites (tertiary alicyclic amines) is 1. The summed E-state index contributed by atoms with van der Waals surface area (Å²) >= 11 is 0. The molecule has 2 unspecified atom stereocenters. The van der Waals surface area contributed by atoms with Crippen molar-refractivity contribution in [3.05, 3.63) is 0 Å². The fourth-order valence-corrected chi connectivity index (χ4v) is 2.51. The topological polar surface area (TPSA) is 29.3 Å². The van der Waals surface area contributed by atoms with Crippen LogP contribution in [0.15, 0.2) is 0 Å². The van der Waals surface area contributed by atoms with Crippen LogP contribution in [0.25, 0.3) is 0 Å². The SMILES string of the molecule is CCCCCCN1CC(CN)CCC1C. The van der Waals surface area contributed by atoms with Crippen LogP contribution in [0.1, 0.15) is 52.4 Å². The molecule has 0 spiro atoms. The summed E-state index contributed by atoms with van der Waals surface area (Å²) in [6, 6.07) is 0.787. The predicted octanol–water partition coefficient (Wildman–Crippen LogP) is 2.63. The third kappa shape index (κ3) is 4.52. The van der Waals surface area contributed by atoms with Crippen LogP contribution in [-0.2, 0) is 0 Å². The van der Waals surface area contributed by atoms with E-state index in [0.717, 1.165) is 18.5 Å². The van der Waals surface area contributed by atoms with Gasteiger partial charge in [0.1, 0.15) is 0 Å². The lowest BCUT2D eigenvalue weighted by molar-refractivity contribution is 0.118. The third-order valence-corrected chi connectivity index (χ3v) is 3.74.